The van der Waals surface area contributed by atoms with Gasteiger partial charge in [0.2, 0.25) is 0 Å². The summed E-state index contributed by atoms with van der Waals surface area (Å²) in [5.41, 5.74) is 2.60. The number of rotatable bonds is 5. The zero-order valence-corrected chi connectivity index (χ0v) is 16.4. The van der Waals surface area contributed by atoms with E-state index in [-0.39, 0.29) is 5.41 Å². The molecule has 0 bridgehead atoms. The molecule has 0 heterocycles. The molecule has 0 saturated carbocycles. The number of carbonyl (C=O) groups is 1. The first-order valence-electron chi connectivity index (χ1n) is 8.54. The standard InChI is InChI=1S/C21H27NO2S/c1-15(2)16-7-6-8-18(13-16)24-20(23)22-14-25-19-11-9-17(10-12-19)21(3,4)5/h6-13,15H,14H2,1-5H3,(H,22,23). The number of amides is 1. The Kier molecular flexibility index (Phi) is 6.54. The molecule has 0 saturated heterocycles. The molecule has 0 aliphatic heterocycles. The van der Waals surface area contributed by atoms with Crippen molar-refractivity contribution in [1.82, 2.24) is 5.32 Å². The van der Waals surface area contributed by atoms with Gasteiger partial charge >= 0.3 is 6.09 Å². The Hall–Kier alpha value is -1.94. The van der Waals surface area contributed by atoms with Crippen molar-refractivity contribution < 1.29 is 9.53 Å². The van der Waals surface area contributed by atoms with Crippen LogP contribution in [-0.2, 0) is 5.41 Å². The van der Waals surface area contributed by atoms with Crippen LogP contribution in [0.5, 0.6) is 5.75 Å². The maximum absolute atomic E-state index is 11.9. The van der Waals surface area contributed by atoms with E-state index in [0.717, 1.165) is 10.5 Å². The van der Waals surface area contributed by atoms with Gasteiger partial charge in [0.25, 0.3) is 0 Å². The highest BCUT2D eigenvalue weighted by Gasteiger charge is 2.13. The van der Waals surface area contributed by atoms with Crippen molar-refractivity contribution >= 4 is 17.9 Å². The molecule has 3 nitrogen and oxygen atoms in total. The second-order valence-corrected chi connectivity index (χ2v) is 8.41. The lowest BCUT2D eigenvalue weighted by Crippen LogP contribution is -2.26. The highest BCUT2D eigenvalue weighted by Crippen LogP contribution is 2.25. The smallest absolute Gasteiger partial charge is 0.410 e. The summed E-state index contributed by atoms with van der Waals surface area (Å²) < 4.78 is 5.34. The molecule has 134 valence electrons. The molecular weight excluding hydrogens is 330 g/mol. The van der Waals surface area contributed by atoms with Gasteiger partial charge in [-0.1, -0.05) is 58.9 Å². The maximum Gasteiger partial charge on any atom is 0.413 e. The van der Waals surface area contributed by atoms with Crippen molar-refractivity contribution in [2.24, 2.45) is 0 Å². The van der Waals surface area contributed by atoms with Crippen LogP contribution in [0, 0.1) is 0 Å². The van der Waals surface area contributed by atoms with Gasteiger partial charge in [-0.2, -0.15) is 0 Å². The molecule has 0 fully saturated rings. The summed E-state index contributed by atoms with van der Waals surface area (Å²) in [7, 11) is 0. The topological polar surface area (TPSA) is 38.3 Å². The van der Waals surface area contributed by atoms with Crippen molar-refractivity contribution in [2.75, 3.05) is 5.88 Å². The van der Waals surface area contributed by atoms with Crippen molar-refractivity contribution in [1.29, 1.82) is 0 Å². The van der Waals surface area contributed by atoms with E-state index in [4.69, 9.17) is 4.74 Å². The van der Waals surface area contributed by atoms with Gasteiger partial charge in [0.15, 0.2) is 0 Å². The summed E-state index contributed by atoms with van der Waals surface area (Å²) in [6.45, 7) is 10.8. The Morgan fingerprint density at radius 3 is 2.40 bits per heavy atom. The Morgan fingerprint density at radius 2 is 1.80 bits per heavy atom. The fourth-order valence-electron chi connectivity index (χ4n) is 2.31. The van der Waals surface area contributed by atoms with E-state index in [1.54, 1.807) is 17.8 Å². The molecule has 1 N–H and O–H groups in total. The van der Waals surface area contributed by atoms with Crippen LogP contribution in [0.4, 0.5) is 4.79 Å². The summed E-state index contributed by atoms with van der Waals surface area (Å²) >= 11 is 1.57. The number of benzene rings is 2. The molecule has 4 heteroatoms. The van der Waals surface area contributed by atoms with E-state index < -0.39 is 6.09 Å². The van der Waals surface area contributed by atoms with E-state index in [2.05, 4.69) is 64.2 Å². The van der Waals surface area contributed by atoms with Crippen molar-refractivity contribution in [2.45, 2.75) is 50.8 Å². The van der Waals surface area contributed by atoms with Crippen molar-refractivity contribution in [3.8, 4) is 5.75 Å². The minimum atomic E-state index is -0.431. The predicted molar refractivity (Wildman–Crippen MR) is 106 cm³/mol. The molecule has 25 heavy (non-hydrogen) atoms. The third kappa shape index (κ3) is 6.13. The fraction of sp³-hybridized carbons (Fsp3) is 0.381. The van der Waals surface area contributed by atoms with Gasteiger partial charge in [0.05, 0.1) is 5.88 Å². The summed E-state index contributed by atoms with van der Waals surface area (Å²) in [6, 6.07) is 16.1. The van der Waals surface area contributed by atoms with Crippen LogP contribution in [0.15, 0.2) is 53.4 Å². The van der Waals surface area contributed by atoms with E-state index in [1.165, 1.54) is 5.56 Å². The van der Waals surface area contributed by atoms with Gasteiger partial charge < -0.3 is 10.1 Å². The van der Waals surface area contributed by atoms with Crippen LogP contribution in [0.2, 0.25) is 0 Å². The lowest BCUT2D eigenvalue weighted by Gasteiger charge is -2.19. The third-order valence-electron chi connectivity index (χ3n) is 3.91. The first kappa shape index (κ1) is 19.4. The second kappa shape index (κ2) is 8.43. The third-order valence-corrected chi connectivity index (χ3v) is 4.81. The van der Waals surface area contributed by atoms with Crippen LogP contribution in [0.25, 0.3) is 0 Å². The van der Waals surface area contributed by atoms with Gasteiger partial charge in [0, 0.05) is 4.90 Å². The monoisotopic (exact) mass is 357 g/mol. The first-order chi connectivity index (χ1) is 11.8. The molecule has 2 rings (SSSR count). The molecule has 0 aliphatic carbocycles. The van der Waals surface area contributed by atoms with E-state index >= 15 is 0 Å². The zero-order chi connectivity index (χ0) is 18.4. The number of carbonyl (C=O) groups excluding carboxylic acids is 1. The zero-order valence-electron chi connectivity index (χ0n) is 15.6. The molecule has 1 amide bonds. The molecule has 2 aromatic rings. The van der Waals surface area contributed by atoms with Crippen LogP contribution < -0.4 is 10.1 Å². The Balaban J connectivity index is 1.81. The van der Waals surface area contributed by atoms with E-state index in [9.17, 15) is 4.79 Å². The normalized spacial score (nSPS) is 11.4. The molecule has 2 aromatic carbocycles. The number of ether oxygens (including phenoxy) is 1. The number of nitrogens with one attached hydrogen (secondary N) is 1. The highest BCUT2D eigenvalue weighted by atomic mass is 32.2. The molecule has 0 unspecified atom stereocenters. The van der Waals surface area contributed by atoms with Gasteiger partial charge in [-0.05, 0) is 46.7 Å². The Bertz CT molecular complexity index is 703. The largest absolute Gasteiger partial charge is 0.413 e. The first-order valence-corrected chi connectivity index (χ1v) is 9.53. The second-order valence-electron chi connectivity index (χ2n) is 7.36. The maximum atomic E-state index is 11.9. The van der Waals surface area contributed by atoms with Crippen LogP contribution in [-0.4, -0.2) is 12.0 Å². The summed E-state index contributed by atoms with van der Waals surface area (Å²) in [6.07, 6.45) is -0.431. The molecule has 0 aliphatic rings. The molecule has 0 atom stereocenters. The van der Waals surface area contributed by atoms with Crippen LogP contribution in [0.1, 0.15) is 51.7 Å². The number of hydrogen-bond donors (Lipinski definition) is 1. The van der Waals surface area contributed by atoms with Gasteiger partial charge in [-0.15, -0.1) is 11.8 Å². The number of thioether (sulfide) groups is 1. The van der Waals surface area contributed by atoms with Crippen molar-refractivity contribution in [3.63, 3.8) is 0 Å². The average molecular weight is 358 g/mol. The minimum Gasteiger partial charge on any atom is -0.410 e. The van der Waals surface area contributed by atoms with Gasteiger partial charge in [0.1, 0.15) is 5.75 Å². The highest BCUT2D eigenvalue weighted by molar-refractivity contribution is 7.99. The minimum absolute atomic E-state index is 0.149. The quantitative estimate of drug-likeness (QED) is 0.531. The fourth-order valence-corrected chi connectivity index (χ4v) is 3.00. The van der Waals surface area contributed by atoms with E-state index in [1.807, 2.05) is 18.2 Å². The van der Waals surface area contributed by atoms with Crippen LogP contribution >= 0.6 is 11.8 Å². The molecular formula is C21H27NO2S. The van der Waals surface area contributed by atoms with Crippen molar-refractivity contribution in [3.05, 3.63) is 59.7 Å². The Morgan fingerprint density at radius 1 is 1.12 bits per heavy atom. The van der Waals surface area contributed by atoms with Gasteiger partial charge in [-0.3, -0.25) is 0 Å². The predicted octanol–water partition coefficient (Wildman–Crippen LogP) is 5.95. The molecule has 0 aromatic heterocycles. The van der Waals surface area contributed by atoms with Crippen LogP contribution in [0.3, 0.4) is 0 Å². The Labute approximate surface area is 155 Å². The summed E-state index contributed by atoms with van der Waals surface area (Å²) in [5, 5.41) is 2.77. The average Bonchev–Trinajstić information content (AvgIpc) is 2.54. The van der Waals surface area contributed by atoms with E-state index in [0.29, 0.717) is 17.5 Å². The summed E-state index contributed by atoms with van der Waals surface area (Å²) in [4.78, 5) is 13.0. The summed E-state index contributed by atoms with van der Waals surface area (Å²) in [5.74, 6) is 1.44. The molecule has 0 spiro atoms. The molecule has 0 radical (unpaired) electrons. The SMILES string of the molecule is CC(C)c1cccc(OC(=O)NCSc2ccc(C(C)(C)C)cc2)c1. The lowest BCUT2D eigenvalue weighted by atomic mass is 9.87. The van der Waals surface area contributed by atoms with Gasteiger partial charge in [-0.25, -0.2) is 4.79 Å². The number of hydrogen-bond acceptors (Lipinski definition) is 3. The lowest BCUT2D eigenvalue weighted by molar-refractivity contribution is 0.202.